The number of nitrogens with one attached hydrogen (secondary N) is 1. The molecule has 0 heterocycles. The van der Waals surface area contributed by atoms with Crippen molar-refractivity contribution < 1.29 is 26.8 Å². The van der Waals surface area contributed by atoms with Crippen LogP contribution in [-0.4, -0.2) is 50.0 Å². The number of sulfonamides is 1. The van der Waals surface area contributed by atoms with E-state index < -0.39 is 27.7 Å². The topological polar surface area (TPSA) is 86.8 Å². The van der Waals surface area contributed by atoms with Crippen molar-refractivity contribution in [2.45, 2.75) is 63.6 Å². The normalized spacial score (nSPS) is 14.3. The molecule has 43 heavy (non-hydrogen) atoms. The largest absolute Gasteiger partial charge is 0.352 e. The molecule has 0 bridgehead atoms. The SMILES string of the molecule is CS(=O)(=O)N(CCCC(=O)N(Cc1ccc(Cl)cc1)C(Cc1ccccc1)C(=O)NC1CCCC1)c1ccc(F)c(F)c1. The summed E-state index contributed by atoms with van der Waals surface area (Å²) in [5.41, 5.74) is 1.64. The van der Waals surface area contributed by atoms with Crippen LogP contribution in [0.25, 0.3) is 0 Å². The smallest absolute Gasteiger partial charge is 0.243 e. The highest BCUT2D eigenvalue weighted by molar-refractivity contribution is 7.92. The summed E-state index contributed by atoms with van der Waals surface area (Å²) in [5.74, 6) is -2.84. The van der Waals surface area contributed by atoms with E-state index in [0.29, 0.717) is 11.4 Å². The van der Waals surface area contributed by atoms with Crippen LogP contribution in [0.3, 0.4) is 0 Å². The lowest BCUT2D eigenvalue weighted by molar-refractivity contribution is -0.141. The zero-order valence-electron chi connectivity index (χ0n) is 24.0. The number of hydrogen-bond acceptors (Lipinski definition) is 4. The van der Waals surface area contributed by atoms with Crippen molar-refractivity contribution in [2.75, 3.05) is 17.1 Å². The van der Waals surface area contributed by atoms with Gasteiger partial charge in [-0.25, -0.2) is 17.2 Å². The van der Waals surface area contributed by atoms with Crippen molar-refractivity contribution >= 4 is 39.1 Å². The molecule has 1 fully saturated rings. The second-order valence-corrected chi connectivity index (χ2v) is 13.2. The highest BCUT2D eigenvalue weighted by Crippen LogP contribution is 2.23. The van der Waals surface area contributed by atoms with Crippen LogP contribution in [0.4, 0.5) is 14.5 Å². The number of carbonyl (C=O) groups is 2. The van der Waals surface area contributed by atoms with Gasteiger partial charge >= 0.3 is 0 Å². The average molecular weight is 632 g/mol. The first-order valence-corrected chi connectivity index (χ1v) is 16.5. The van der Waals surface area contributed by atoms with E-state index in [1.54, 1.807) is 29.2 Å². The third-order valence-electron chi connectivity index (χ3n) is 7.58. The van der Waals surface area contributed by atoms with Crippen molar-refractivity contribution in [3.05, 3.63) is 101 Å². The summed E-state index contributed by atoms with van der Waals surface area (Å²) in [5, 5.41) is 3.69. The number of hydrogen-bond donors (Lipinski definition) is 1. The predicted octanol–water partition coefficient (Wildman–Crippen LogP) is 5.86. The molecule has 3 aromatic carbocycles. The number of anilines is 1. The standard InChI is InChI=1S/C32H36ClF2N3O4S/c1-43(41,42)38(27-17-18-28(34)29(35)21-27)19-7-12-31(39)37(22-24-13-15-25(33)16-14-24)30(20-23-8-3-2-4-9-23)32(40)36-26-10-5-6-11-26/h2-4,8-9,13-18,21,26,30H,5-7,10-12,19-20,22H2,1H3,(H,36,40). The Bertz CT molecular complexity index is 1500. The van der Waals surface area contributed by atoms with Crippen LogP contribution in [-0.2, 0) is 32.6 Å². The minimum atomic E-state index is -3.86. The maximum atomic E-state index is 13.9. The van der Waals surface area contributed by atoms with Crippen LogP contribution in [0.5, 0.6) is 0 Å². The lowest BCUT2D eigenvalue weighted by atomic mass is 10.0. The van der Waals surface area contributed by atoms with Gasteiger partial charge in [-0.2, -0.15) is 0 Å². The minimum Gasteiger partial charge on any atom is -0.352 e. The molecule has 7 nitrogen and oxygen atoms in total. The quantitative estimate of drug-likeness (QED) is 0.256. The molecule has 0 saturated heterocycles. The maximum absolute atomic E-state index is 13.9. The monoisotopic (exact) mass is 631 g/mol. The molecule has 1 N–H and O–H groups in total. The Morgan fingerprint density at radius 3 is 2.26 bits per heavy atom. The van der Waals surface area contributed by atoms with Gasteiger partial charge in [-0.05, 0) is 54.7 Å². The van der Waals surface area contributed by atoms with Gasteiger partial charge in [0.05, 0.1) is 11.9 Å². The number of carbonyl (C=O) groups excluding carboxylic acids is 2. The molecule has 0 aliphatic heterocycles. The molecule has 1 aliphatic carbocycles. The van der Waals surface area contributed by atoms with Crippen molar-refractivity contribution in [2.24, 2.45) is 0 Å². The summed E-state index contributed by atoms with van der Waals surface area (Å²) in [4.78, 5) is 29.2. The van der Waals surface area contributed by atoms with Crippen molar-refractivity contribution in [3.63, 3.8) is 0 Å². The summed E-state index contributed by atoms with van der Waals surface area (Å²) >= 11 is 6.09. The number of nitrogens with zero attached hydrogens (tertiary/aromatic N) is 2. The zero-order chi connectivity index (χ0) is 31.0. The first-order valence-electron chi connectivity index (χ1n) is 14.3. The highest BCUT2D eigenvalue weighted by atomic mass is 35.5. The number of amides is 2. The van der Waals surface area contributed by atoms with Crippen LogP contribution >= 0.6 is 11.6 Å². The molecular formula is C32H36ClF2N3O4S. The van der Waals surface area contributed by atoms with E-state index in [1.165, 1.54) is 6.07 Å². The van der Waals surface area contributed by atoms with Crippen LogP contribution in [0.1, 0.15) is 49.7 Å². The average Bonchev–Trinajstić information content (AvgIpc) is 3.48. The van der Waals surface area contributed by atoms with E-state index in [4.69, 9.17) is 11.6 Å². The molecule has 2 amide bonds. The lowest BCUT2D eigenvalue weighted by Gasteiger charge is -2.33. The maximum Gasteiger partial charge on any atom is 0.243 e. The Kier molecular flexibility index (Phi) is 11.2. The summed E-state index contributed by atoms with van der Waals surface area (Å²) < 4.78 is 53.4. The van der Waals surface area contributed by atoms with Gasteiger partial charge < -0.3 is 10.2 Å². The van der Waals surface area contributed by atoms with Gasteiger partial charge in [0.15, 0.2) is 11.6 Å². The van der Waals surface area contributed by atoms with Crippen LogP contribution in [0.2, 0.25) is 5.02 Å². The molecule has 0 spiro atoms. The van der Waals surface area contributed by atoms with Gasteiger partial charge in [0.25, 0.3) is 0 Å². The van der Waals surface area contributed by atoms with E-state index in [9.17, 15) is 26.8 Å². The third kappa shape index (κ3) is 9.24. The molecule has 4 rings (SSSR count). The molecule has 11 heteroatoms. The van der Waals surface area contributed by atoms with E-state index >= 15 is 0 Å². The van der Waals surface area contributed by atoms with E-state index in [-0.39, 0.29) is 49.5 Å². The van der Waals surface area contributed by atoms with Gasteiger partial charge in [-0.15, -0.1) is 0 Å². The third-order valence-corrected chi connectivity index (χ3v) is 9.03. The molecular weight excluding hydrogens is 596 g/mol. The summed E-state index contributed by atoms with van der Waals surface area (Å²) in [6.07, 6.45) is 5.12. The first kappa shape index (κ1) is 32.4. The molecule has 0 radical (unpaired) electrons. The Hall–Kier alpha value is -3.50. The van der Waals surface area contributed by atoms with Crippen molar-refractivity contribution in [1.82, 2.24) is 10.2 Å². The fraction of sp³-hybridized carbons (Fsp3) is 0.375. The number of rotatable bonds is 13. The van der Waals surface area contributed by atoms with E-state index in [0.717, 1.165) is 59.5 Å². The predicted molar refractivity (Wildman–Crippen MR) is 164 cm³/mol. The molecule has 1 unspecified atom stereocenters. The number of benzene rings is 3. The fourth-order valence-corrected chi connectivity index (χ4v) is 6.44. The van der Waals surface area contributed by atoms with Crippen molar-refractivity contribution in [3.8, 4) is 0 Å². The zero-order valence-corrected chi connectivity index (χ0v) is 25.6. The van der Waals surface area contributed by atoms with Crippen LogP contribution < -0.4 is 9.62 Å². The summed E-state index contributed by atoms with van der Waals surface area (Å²) in [7, 11) is -3.86. The second-order valence-electron chi connectivity index (χ2n) is 10.9. The highest BCUT2D eigenvalue weighted by Gasteiger charge is 2.32. The summed E-state index contributed by atoms with van der Waals surface area (Å²) in [6.45, 7) is 0.00655. The second kappa shape index (κ2) is 14.8. The van der Waals surface area contributed by atoms with E-state index in [1.807, 2.05) is 30.3 Å². The number of halogens is 3. The van der Waals surface area contributed by atoms with Crippen LogP contribution in [0.15, 0.2) is 72.8 Å². The van der Waals surface area contributed by atoms with E-state index in [2.05, 4.69) is 5.32 Å². The van der Waals surface area contributed by atoms with Gasteiger partial charge in [-0.3, -0.25) is 13.9 Å². The van der Waals surface area contributed by atoms with Crippen molar-refractivity contribution in [1.29, 1.82) is 0 Å². The molecule has 0 aromatic heterocycles. The molecule has 1 saturated carbocycles. The molecule has 230 valence electrons. The van der Waals surface area contributed by atoms with Gasteiger partial charge in [0.1, 0.15) is 6.04 Å². The molecule has 3 aromatic rings. The Morgan fingerprint density at radius 2 is 1.63 bits per heavy atom. The lowest BCUT2D eigenvalue weighted by Crippen LogP contribution is -2.52. The van der Waals surface area contributed by atoms with Gasteiger partial charge in [0, 0.05) is 43.1 Å². The van der Waals surface area contributed by atoms with Gasteiger partial charge in [-0.1, -0.05) is 66.9 Å². The molecule has 1 atom stereocenters. The summed E-state index contributed by atoms with van der Waals surface area (Å²) in [6, 6.07) is 18.6. The Morgan fingerprint density at radius 1 is 0.953 bits per heavy atom. The fourth-order valence-electron chi connectivity index (χ4n) is 5.35. The minimum absolute atomic E-state index is 0.0373. The molecule has 1 aliphatic rings. The first-order chi connectivity index (χ1) is 20.5. The Labute approximate surface area is 256 Å². The van der Waals surface area contributed by atoms with Gasteiger partial charge in [0.2, 0.25) is 21.8 Å². The van der Waals surface area contributed by atoms with Crippen LogP contribution in [0, 0.1) is 11.6 Å². The Balaban J connectivity index is 1.58.